The molecule has 0 atom stereocenters. The molecule has 2 heterocycles. The van der Waals surface area contributed by atoms with Gasteiger partial charge in [0.1, 0.15) is 5.01 Å². The lowest BCUT2D eigenvalue weighted by Crippen LogP contribution is -2.14. The number of aromatic nitrogens is 2. The quantitative estimate of drug-likeness (QED) is 0.521. The van der Waals surface area contributed by atoms with Crippen LogP contribution in [0.1, 0.15) is 18.2 Å². The third-order valence-electron chi connectivity index (χ3n) is 4.02. The van der Waals surface area contributed by atoms with Gasteiger partial charge in [0.05, 0.1) is 22.3 Å². The molecule has 4 rings (SSSR count). The summed E-state index contributed by atoms with van der Waals surface area (Å²) < 4.78 is 1.10. The second-order valence-corrected chi connectivity index (χ2v) is 7.80. The zero-order valence-corrected chi connectivity index (χ0v) is 15.9. The maximum Gasteiger partial charge on any atom is 0.232 e. The Morgan fingerprint density at radius 3 is 2.77 bits per heavy atom. The number of hydrogen-bond acceptors (Lipinski definition) is 5. The number of hydrogen-bond donors (Lipinski definition) is 1. The van der Waals surface area contributed by atoms with E-state index in [9.17, 15) is 4.79 Å². The van der Waals surface area contributed by atoms with Crippen molar-refractivity contribution in [1.29, 1.82) is 0 Å². The van der Waals surface area contributed by atoms with E-state index in [0.717, 1.165) is 32.9 Å². The molecule has 0 saturated carbocycles. The van der Waals surface area contributed by atoms with E-state index < -0.39 is 0 Å². The second kappa shape index (κ2) is 7.35. The number of rotatable bonds is 5. The van der Waals surface area contributed by atoms with E-state index >= 15 is 0 Å². The van der Waals surface area contributed by atoms with Crippen molar-refractivity contribution in [3.63, 3.8) is 0 Å². The topological polar surface area (TPSA) is 54.9 Å². The minimum absolute atomic E-state index is 0.0929. The molecule has 0 radical (unpaired) electrons. The first-order valence-electron chi connectivity index (χ1n) is 8.40. The zero-order chi connectivity index (χ0) is 17.9. The molecule has 2 aromatic carbocycles. The highest BCUT2D eigenvalue weighted by molar-refractivity contribution is 7.22. The number of aryl methyl sites for hydroxylation is 1. The van der Waals surface area contributed by atoms with Crippen LogP contribution in [0, 0.1) is 0 Å². The summed E-state index contributed by atoms with van der Waals surface area (Å²) in [4.78, 5) is 21.4. The van der Waals surface area contributed by atoms with E-state index in [1.807, 2.05) is 41.8 Å². The first kappa shape index (κ1) is 16.9. The van der Waals surface area contributed by atoms with Gasteiger partial charge in [0.15, 0.2) is 5.13 Å². The van der Waals surface area contributed by atoms with E-state index in [1.54, 1.807) is 11.3 Å². The first-order chi connectivity index (χ1) is 12.7. The molecule has 26 heavy (non-hydrogen) atoms. The fraction of sp³-hybridized carbons (Fsp3) is 0.150. The summed E-state index contributed by atoms with van der Waals surface area (Å²) in [6, 6.07) is 16.2. The molecule has 6 heteroatoms. The molecule has 0 unspecified atom stereocenters. The summed E-state index contributed by atoms with van der Waals surface area (Å²) >= 11 is 3.06. The molecular formula is C20H17N3OS2. The van der Waals surface area contributed by atoms with Crippen molar-refractivity contribution >= 4 is 43.9 Å². The molecule has 0 fully saturated rings. The maximum atomic E-state index is 12.3. The van der Waals surface area contributed by atoms with Gasteiger partial charge in [-0.25, -0.2) is 9.97 Å². The summed E-state index contributed by atoms with van der Waals surface area (Å²) in [5, 5.41) is 6.40. The van der Waals surface area contributed by atoms with Gasteiger partial charge in [-0.2, -0.15) is 0 Å². The van der Waals surface area contributed by atoms with Crippen LogP contribution >= 0.6 is 22.7 Å². The normalized spacial score (nSPS) is 11.0. The maximum absolute atomic E-state index is 12.3. The summed E-state index contributed by atoms with van der Waals surface area (Å²) in [5.74, 6) is -0.0929. The van der Waals surface area contributed by atoms with Crippen molar-refractivity contribution in [3.8, 4) is 10.6 Å². The van der Waals surface area contributed by atoms with E-state index in [4.69, 9.17) is 0 Å². The fourth-order valence-corrected chi connectivity index (χ4v) is 4.44. The van der Waals surface area contributed by atoms with Crippen LogP contribution in [0.15, 0.2) is 53.9 Å². The van der Waals surface area contributed by atoms with E-state index in [0.29, 0.717) is 5.13 Å². The molecule has 0 aliphatic heterocycles. The van der Waals surface area contributed by atoms with Crippen molar-refractivity contribution in [3.05, 3.63) is 65.2 Å². The van der Waals surface area contributed by atoms with E-state index in [2.05, 4.69) is 34.3 Å². The largest absolute Gasteiger partial charge is 0.302 e. The minimum atomic E-state index is -0.0929. The zero-order valence-electron chi connectivity index (χ0n) is 14.2. The third kappa shape index (κ3) is 3.66. The van der Waals surface area contributed by atoms with Crippen LogP contribution in [0.3, 0.4) is 0 Å². The van der Waals surface area contributed by atoms with Crippen LogP contribution in [0.25, 0.3) is 20.8 Å². The van der Waals surface area contributed by atoms with Crippen LogP contribution in [0.5, 0.6) is 0 Å². The highest BCUT2D eigenvalue weighted by Crippen LogP contribution is 2.27. The Balaban J connectivity index is 1.45. The summed E-state index contributed by atoms with van der Waals surface area (Å²) in [7, 11) is 0. The number of nitrogens with one attached hydrogen (secondary N) is 1. The van der Waals surface area contributed by atoms with E-state index in [-0.39, 0.29) is 12.3 Å². The van der Waals surface area contributed by atoms with Crippen LogP contribution in [-0.4, -0.2) is 15.9 Å². The third-order valence-corrected chi connectivity index (χ3v) is 5.90. The van der Waals surface area contributed by atoms with Crippen molar-refractivity contribution in [2.45, 2.75) is 19.8 Å². The second-order valence-electron chi connectivity index (χ2n) is 5.91. The fourth-order valence-electron chi connectivity index (χ4n) is 2.67. The Morgan fingerprint density at radius 2 is 1.96 bits per heavy atom. The molecule has 0 saturated heterocycles. The van der Waals surface area contributed by atoms with E-state index in [1.165, 1.54) is 16.9 Å². The Hall–Kier alpha value is -2.57. The number of anilines is 1. The van der Waals surface area contributed by atoms with Gasteiger partial charge in [0.2, 0.25) is 5.91 Å². The van der Waals surface area contributed by atoms with Gasteiger partial charge < -0.3 is 5.32 Å². The lowest BCUT2D eigenvalue weighted by Gasteiger charge is -1.99. The van der Waals surface area contributed by atoms with Crippen molar-refractivity contribution in [2.24, 2.45) is 0 Å². The smallest absolute Gasteiger partial charge is 0.232 e. The number of fused-ring (bicyclic) bond motifs is 1. The highest BCUT2D eigenvalue weighted by Gasteiger charge is 2.12. The molecular weight excluding hydrogens is 362 g/mol. The van der Waals surface area contributed by atoms with Gasteiger partial charge in [-0.1, -0.05) is 54.7 Å². The Morgan fingerprint density at radius 1 is 1.12 bits per heavy atom. The van der Waals surface area contributed by atoms with Gasteiger partial charge in [0.25, 0.3) is 0 Å². The van der Waals surface area contributed by atoms with Gasteiger partial charge in [-0.3, -0.25) is 4.79 Å². The average molecular weight is 380 g/mol. The molecule has 4 nitrogen and oxygen atoms in total. The number of nitrogens with zero attached hydrogens (tertiary/aromatic N) is 2. The summed E-state index contributed by atoms with van der Waals surface area (Å²) in [6.07, 6.45) is 1.24. The lowest BCUT2D eigenvalue weighted by molar-refractivity contribution is -0.115. The first-order valence-corrected chi connectivity index (χ1v) is 10.1. The van der Waals surface area contributed by atoms with Crippen LogP contribution in [0.4, 0.5) is 5.13 Å². The van der Waals surface area contributed by atoms with Crippen LogP contribution < -0.4 is 5.32 Å². The van der Waals surface area contributed by atoms with Crippen LogP contribution in [0.2, 0.25) is 0 Å². The van der Waals surface area contributed by atoms with Gasteiger partial charge in [-0.05, 0) is 24.1 Å². The monoisotopic (exact) mass is 379 g/mol. The molecule has 1 amide bonds. The lowest BCUT2D eigenvalue weighted by atomic mass is 10.2. The molecule has 1 N–H and O–H groups in total. The van der Waals surface area contributed by atoms with Gasteiger partial charge in [0, 0.05) is 10.9 Å². The van der Waals surface area contributed by atoms with Gasteiger partial charge in [-0.15, -0.1) is 11.3 Å². The molecule has 0 aliphatic rings. The number of benzene rings is 2. The summed E-state index contributed by atoms with van der Waals surface area (Å²) in [6.45, 7) is 2.13. The van der Waals surface area contributed by atoms with Crippen molar-refractivity contribution < 1.29 is 4.79 Å². The molecule has 2 aromatic heterocycles. The highest BCUT2D eigenvalue weighted by atomic mass is 32.1. The molecule has 0 aliphatic carbocycles. The number of thiazole rings is 2. The van der Waals surface area contributed by atoms with Crippen molar-refractivity contribution in [2.75, 3.05) is 5.32 Å². The standard InChI is InChI=1S/C20H17N3OS2/c1-2-13-8-9-16-17(10-13)26-20(22-16)23-18(24)11-15-12-25-19(21-15)14-6-4-3-5-7-14/h3-10,12H,2,11H2,1H3,(H,22,23,24). The van der Waals surface area contributed by atoms with Crippen molar-refractivity contribution in [1.82, 2.24) is 9.97 Å². The number of carbonyl (C=O) groups excluding carboxylic acids is 1. The summed E-state index contributed by atoms with van der Waals surface area (Å²) in [5.41, 5.74) is 4.04. The molecule has 4 aromatic rings. The molecule has 0 spiro atoms. The number of carbonyl (C=O) groups is 1. The van der Waals surface area contributed by atoms with Crippen LogP contribution in [-0.2, 0) is 17.6 Å². The van der Waals surface area contributed by atoms with Gasteiger partial charge >= 0.3 is 0 Å². The Bertz CT molecular complexity index is 1050. The molecule has 130 valence electrons. The predicted molar refractivity (Wildman–Crippen MR) is 109 cm³/mol. The predicted octanol–water partition coefficient (Wildman–Crippen LogP) is 5.16. The average Bonchev–Trinajstić information content (AvgIpc) is 3.28. The Labute approximate surface area is 159 Å². The Kier molecular flexibility index (Phi) is 4.77. The SMILES string of the molecule is CCc1ccc2nc(NC(=O)Cc3csc(-c4ccccc4)n3)sc2c1. The molecule has 0 bridgehead atoms. The minimum Gasteiger partial charge on any atom is -0.302 e. The number of amides is 1.